The van der Waals surface area contributed by atoms with Crippen molar-refractivity contribution in [1.82, 2.24) is 4.98 Å². The van der Waals surface area contributed by atoms with Crippen molar-refractivity contribution in [3.8, 4) is 0 Å². The Morgan fingerprint density at radius 1 is 1.16 bits per heavy atom. The highest BCUT2D eigenvalue weighted by Crippen LogP contribution is 2.25. The van der Waals surface area contributed by atoms with Gasteiger partial charge in [0.2, 0.25) is 0 Å². The maximum atomic E-state index is 12.6. The molecule has 3 heteroatoms. The van der Waals surface area contributed by atoms with Crippen LogP contribution in [-0.2, 0) is 0 Å². The average Bonchev–Trinajstić information content (AvgIpc) is 2.49. The van der Waals surface area contributed by atoms with Crippen LogP contribution in [0.25, 0.3) is 0 Å². The first kappa shape index (κ1) is 13.8. The Bertz CT molecular complexity index is 513. The summed E-state index contributed by atoms with van der Waals surface area (Å²) in [5.74, 6) is 0.548. The Hall–Kier alpha value is -1.67. The molecule has 1 unspecified atom stereocenters. The lowest BCUT2D eigenvalue weighted by molar-refractivity contribution is 0.0954. The minimum atomic E-state index is -0.158. The summed E-state index contributed by atoms with van der Waals surface area (Å²) in [6.07, 6.45) is 5.05. The van der Waals surface area contributed by atoms with E-state index < -0.39 is 0 Å². The van der Waals surface area contributed by atoms with Crippen LogP contribution in [0, 0.1) is 0 Å². The summed E-state index contributed by atoms with van der Waals surface area (Å²) < 4.78 is 0. The third-order valence-corrected chi connectivity index (χ3v) is 3.36. The number of carbonyl (C=O) groups excluding carboxylic acids is 1. The van der Waals surface area contributed by atoms with Crippen LogP contribution in [-0.4, -0.2) is 16.6 Å². The summed E-state index contributed by atoms with van der Waals surface area (Å²) in [6, 6.07) is 13.2. The Kier molecular flexibility index (Phi) is 5.10. The fourth-order valence-electron chi connectivity index (χ4n) is 2.12. The van der Waals surface area contributed by atoms with Gasteiger partial charge < -0.3 is 0 Å². The van der Waals surface area contributed by atoms with E-state index in [-0.39, 0.29) is 11.7 Å². The standard InChI is InChI=1S/C16H16ClNO/c17-10-4-9-15(14-8-5-11-18-12-14)16(19)13-6-2-1-3-7-13/h1-3,5-8,11-12,15H,4,9-10H2. The highest BCUT2D eigenvalue weighted by molar-refractivity contribution is 6.17. The Balaban J connectivity index is 2.25. The Labute approximate surface area is 118 Å². The second kappa shape index (κ2) is 7.05. The molecule has 1 aromatic heterocycles. The van der Waals surface area contributed by atoms with Gasteiger partial charge in [0, 0.05) is 29.8 Å². The molecule has 2 nitrogen and oxygen atoms in total. The summed E-state index contributed by atoms with van der Waals surface area (Å²) >= 11 is 5.76. The number of aromatic nitrogens is 1. The van der Waals surface area contributed by atoms with Crippen molar-refractivity contribution in [2.45, 2.75) is 18.8 Å². The monoisotopic (exact) mass is 273 g/mol. The molecule has 19 heavy (non-hydrogen) atoms. The molecular weight excluding hydrogens is 258 g/mol. The maximum absolute atomic E-state index is 12.6. The van der Waals surface area contributed by atoms with Gasteiger partial charge >= 0.3 is 0 Å². The van der Waals surface area contributed by atoms with Gasteiger partial charge in [0.1, 0.15) is 0 Å². The average molecular weight is 274 g/mol. The minimum absolute atomic E-state index is 0.138. The Morgan fingerprint density at radius 2 is 1.95 bits per heavy atom. The predicted molar refractivity (Wildman–Crippen MR) is 77.7 cm³/mol. The van der Waals surface area contributed by atoms with E-state index in [1.54, 1.807) is 12.4 Å². The van der Waals surface area contributed by atoms with Crippen LogP contribution in [0.5, 0.6) is 0 Å². The highest BCUT2D eigenvalue weighted by Gasteiger charge is 2.21. The first-order chi connectivity index (χ1) is 9.33. The van der Waals surface area contributed by atoms with Crippen LogP contribution in [0.4, 0.5) is 0 Å². The second-order valence-electron chi connectivity index (χ2n) is 4.40. The van der Waals surface area contributed by atoms with Crippen LogP contribution in [0.2, 0.25) is 0 Å². The van der Waals surface area contributed by atoms with Crippen molar-refractivity contribution in [2.75, 3.05) is 5.88 Å². The molecule has 1 atom stereocenters. The smallest absolute Gasteiger partial charge is 0.170 e. The summed E-state index contributed by atoms with van der Waals surface area (Å²) in [7, 11) is 0. The molecule has 0 saturated carbocycles. The number of alkyl halides is 1. The second-order valence-corrected chi connectivity index (χ2v) is 4.78. The third kappa shape index (κ3) is 3.65. The molecule has 2 rings (SSSR count). The van der Waals surface area contributed by atoms with Crippen LogP contribution in [0.15, 0.2) is 54.9 Å². The number of hydrogen-bond acceptors (Lipinski definition) is 2. The van der Waals surface area contributed by atoms with E-state index in [1.165, 1.54) is 0 Å². The lowest BCUT2D eigenvalue weighted by Crippen LogP contribution is -2.13. The van der Waals surface area contributed by atoms with E-state index in [1.807, 2.05) is 42.5 Å². The molecule has 0 N–H and O–H groups in total. The molecule has 0 amide bonds. The summed E-state index contributed by atoms with van der Waals surface area (Å²) in [4.78, 5) is 16.7. The highest BCUT2D eigenvalue weighted by atomic mass is 35.5. The molecule has 0 aliphatic rings. The fourth-order valence-corrected chi connectivity index (χ4v) is 2.27. The first-order valence-electron chi connectivity index (χ1n) is 6.38. The van der Waals surface area contributed by atoms with E-state index in [4.69, 9.17) is 11.6 Å². The number of rotatable bonds is 6. The van der Waals surface area contributed by atoms with E-state index in [0.717, 1.165) is 24.0 Å². The van der Waals surface area contributed by atoms with Crippen molar-refractivity contribution >= 4 is 17.4 Å². The molecule has 98 valence electrons. The van der Waals surface area contributed by atoms with Gasteiger partial charge in [0.15, 0.2) is 5.78 Å². The SMILES string of the molecule is O=C(c1ccccc1)C(CCCCl)c1cccnc1. The van der Waals surface area contributed by atoms with Crippen molar-refractivity contribution in [3.05, 3.63) is 66.0 Å². The predicted octanol–water partition coefficient (Wildman–Crippen LogP) is 4.07. The number of pyridine rings is 1. The fraction of sp³-hybridized carbons (Fsp3) is 0.250. The molecule has 1 aromatic carbocycles. The topological polar surface area (TPSA) is 30.0 Å². The van der Waals surface area contributed by atoms with Crippen LogP contribution < -0.4 is 0 Å². The van der Waals surface area contributed by atoms with E-state index in [9.17, 15) is 4.79 Å². The molecule has 1 heterocycles. The minimum Gasteiger partial charge on any atom is -0.293 e. The van der Waals surface area contributed by atoms with Gasteiger partial charge in [-0.15, -0.1) is 11.6 Å². The molecule has 0 spiro atoms. The zero-order valence-electron chi connectivity index (χ0n) is 10.6. The summed E-state index contributed by atoms with van der Waals surface area (Å²) in [5, 5.41) is 0. The van der Waals surface area contributed by atoms with Gasteiger partial charge in [-0.25, -0.2) is 0 Å². The molecule has 0 bridgehead atoms. The maximum Gasteiger partial charge on any atom is 0.170 e. The normalized spacial score (nSPS) is 12.1. The first-order valence-corrected chi connectivity index (χ1v) is 6.91. The largest absolute Gasteiger partial charge is 0.293 e. The zero-order valence-corrected chi connectivity index (χ0v) is 11.4. The van der Waals surface area contributed by atoms with Crippen LogP contribution >= 0.6 is 11.6 Å². The Morgan fingerprint density at radius 3 is 2.58 bits per heavy atom. The van der Waals surface area contributed by atoms with Crippen molar-refractivity contribution in [1.29, 1.82) is 0 Å². The number of carbonyl (C=O) groups is 1. The van der Waals surface area contributed by atoms with E-state index in [2.05, 4.69) is 4.98 Å². The van der Waals surface area contributed by atoms with E-state index in [0.29, 0.717) is 5.88 Å². The number of halogens is 1. The van der Waals surface area contributed by atoms with Crippen molar-refractivity contribution < 1.29 is 4.79 Å². The van der Waals surface area contributed by atoms with Crippen molar-refractivity contribution in [2.24, 2.45) is 0 Å². The van der Waals surface area contributed by atoms with Gasteiger partial charge in [-0.1, -0.05) is 36.4 Å². The third-order valence-electron chi connectivity index (χ3n) is 3.09. The van der Waals surface area contributed by atoms with Gasteiger partial charge in [-0.3, -0.25) is 9.78 Å². The van der Waals surface area contributed by atoms with Crippen molar-refractivity contribution in [3.63, 3.8) is 0 Å². The molecule has 2 aromatic rings. The number of hydrogen-bond donors (Lipinski definition) is 0. The quantitative estimate of drug-likeness (QED) is 0.587. The van der Waals surface area contributed by atoms with Crippen LogP contribution in [0.1, 0.15) is 34.7 Å². The molecule has 0 aliphatic heterocycles. The van der Waals surface area contributed by atoms with Gasteiger partial charge in [-0.05, 0) is 24.5 Å². The van der Waals surface area contributed by atoms with Crippen LogP contribution in [0.3, 0.4) is 0 Å². The number of ketones is 1. The van der Waals surface area contributed by atoms with Gasteiger partial charge in [0.25, 0.3) is 0 Å². The molecule has 0 fully saturated rings. The molecule has 0 aliphatic carbocycles. The van der Waals surface area contributed by atoms with Gasteiger partial charge in [-0.2, -0.15) is 0 Å². The van der Waals surface area contributed by atoms with Gasteiger partial charge in [0.05, 0.1) is 0 Å². The molecule has 0 saturated heterocycles. The number of Topliss-reactive ketones (excluding diaryl/α,β-unsaturated/α-hetero) is 1. The number of nitrogens with zero attached hydrogens (tertiary/aromatic N) is 1. The van der Waals surface area contributed by atoms with E-state index >= 15 is 0 Å². The lowest BCUT2D eigenvalue weighted by Gasteiger charge is -2.15. The molecular formula is C16H16ClNO. The molecule has 0 radical (unpaired) electrons. The lowest BCUT2D eigenvalue weighted by atomic mass is 9.88. The summed E-state index contributed by atoms with van der Waals surface area (Å²) in [5.41, 5.74) is 1.70. The zero-order chi connectivity index (χ0) is 13.5. The summed E-state index contributed by atoms with van der Waals surface area (Å²) in [6.45, 7) is 0. The number of benzene rings is 1.